The fourth-order valence-corrected chi connectivity index (χ4v) is 12.0. The van der Waals surface area contributed by atoms with E-state index in [1.165, 1.54) is 99.0 Å². The van der Waals surface area contributed by atoms with E-state index in [-0.39, 0.29) is 5.41 Å². The van der Waals surface area contributed by atoms with Crippen LogP contribution in [0.3, 0.4) is 0 Å². The second kappa shape index (κ2) is 11.5. The molecule has 1 unspecified atom stereocenters. The third-order valence-corrected chi connectivity index (χ3v) is 14.2. The number of nitrogens with zero attached hydrogens (tertiary/aromatic N) is 1. The molecule has 2 aliphatic rings. The van der Waals surface area contributed by atoms with E-state index in [4.69, 9.17) is 0 Å². The van der Waals surface area contributed by atoms with Gasteiger partial charge in [0.15, 0.2) is 0 Å². The average molecular weight is 694 g/mol. The molecule has 0 amide bonds. The maximum Gasteiger partial charge on any atom is 0.0630 e. The largest absolute Gasteiger partial charge is 0.307 e. The third kappa shape index (κ3) is 4.41. The molecule has 1 aliphatic carbocycles. The van der Waals surface area contributed by atoms with Crippen molar-refractivity contribution in [2.45, 2.75) is 19.3 Å². The lowest BCUT2D eigenvalue weighted by Crippen LogP contribution is -2.32. The minimum absolute atomic E-state index is 0.202. The maximum atomic E-state index is 2.64. The predicted molar refractivity (Wildman–Crippen MR) is 227 cm³/mol. The lowest BCUT2D eigenvalue weighted by Gasteiger charge is -2.34. The van der Waals surface area contributed by atoms with Crippen molar-refractivity contribution in [1.82, 2.24) is 4.57 Å². The van der Waals surface area contributed by atoms with Gasteiger partial charge in [-0.25, -0.2) is 0 Å². The van der Waals surface area contributed by atoms with Crippen molar-refractivity contribution in [3.8, 4) is 50.2 Å². The number of benzene rings is 8. The molecule has 1 aromatic heterocycles. The van der Waals surface area contributed by atoms with Crippen LogP contribution in [0.15, 0.2) is 182 Å². The molecule has 1 atom stereocenters. The van der Waals surface area contributed by atoms with E-state index in [2.05, 4.69) is 200 Å². The van der Waals surface area contributed by atoms with Crippen LogP contribution in [-0.4, -0.2) is 4.57 Å². The van der Waals surface area contributed by atoms with Gasteiger partial charge in [-0.05, 0) is 93.6 Å². The fourth-order valence-electron chi connectivity index (χ4n) is 9.18. The lowest BCUT2D eigenvalue weighted by molar-refractivity contribution is 0.661. The van der Waals surface area contributed by atoms with Gasteiger partial charge in [0, 0.05) is 32.4 Å². The second-order valence-corrected chi connectivity index (χ2v) is 17.1. The van der Waals surface area contributed by atoms with Gasteiger partial charge in [-0.1, -0.05) is 166 Å². The Morgan fingerprint density at radius 2 is 1.06 bits per heavy atom. The molecule has 8 aromatic carbocycles. The molecule has 0 fully saturated rings. The van der Waals surface area contributed by atoms with E-state index in [0.29, 0.717) is 0 Å². The summed E-state index contributed by atoms with van der Waals surface area (Å²) in [5.74, 6) is 0. The summed E-state index contributed by atoms with van der Waals surface area (Å²) in [5.41, 5.74) is 16.9. The Labute approximate surface area is 311 Å². The van der Waals surface area contributed by atoms with Crippen LogP contribution in [0.25, 0.3) is 72.0 Å². The molecule has 0 spiro atoms. The summed E-state index contributed by atoms with van der Waals surface area (Å²) in [7, 11) is -0.979. The smallest absolute Gasteiger partial charge is 0.0630 e. The number of aromatic nitrogens is 1. The second-order valence-electron chi connectivity index (χ2n) is 14.9. The van der Waals surface area contributed by atoms with E-state index in [9.17, 15) is 0 Å². The van der Waals surface area contributed by atoms with Gasteiger partial charge >= 0.3 is 0 Å². The van der Waals surface area contributed by atoms with E-state index in [1.807, 2.05) is 0 Å². The SMILES string of the molecule is CC1(C)c2cc(-c3ccccc3)ccc2-c2c1cc(-c1ccccc1)c1c2P(c2ccccc2)c2cc(-c3ccccc3)cc3c4ccccc4n-1c23. The zero-order chi connectivity index (χ0) is 35.3. The van der Waals surface area contributed by atoms with Crippen molar-refractivity contribution < 1.29 is 0 Å². The molecule has 0 N–H and O–H groups in total. The molecule has 2 heteroatoms. The van der Waals surface area contributed by atoms with Crippen LogP contribution in [0.2, 0.25) is 0 Å². The summed E-state index contributed by atoms with van der Waals surface area (Å²) in [5, 5.41) is 6.88. The Hall–Kier alpha value is -6.01. The Kier molecular flexibility index (Phi) is 6.64. The van der Waals surface area contributed by atoms with Crippen LogP contribution < -0.4 is 15.9 Å². The molecule has 11 rings (SSSR count). The first-order valence-electron chi connectivity index (χ1n) is 18.5. The predicted octanol–water partition coefficient (Wildman–Crippen LogP) is 12.2. The number of hydrogen-bond donors (Lipinski definition) is 0. The Balaban J connectivity index is 1.34. The molecule has 53 heavy (non-hydrogen) atoms. The highest BCUT2D eigenvalue weighted by atomic mass is 31.1. The van der Waals surface area contributed by atoms with E-state index >= 15 is 0 Å². The van der Waals surface area contributed by atoms with Crippen LogP contribution in [-0.2, 0) is 5.41 Å². The normalized spacial score (nSPS) is 14.9. The highest BCUT2D eigenvalue weighted by Gasteiger charge is 2.43. The summed E-state index contributed by atoms with van der Waals surface area (Å²) in [6.07, 6.45) is 0. The molecule has 0 radical (unpaired) electrons. The molecule has 0 saturated carbocycles. The van der Waals surface area contributed by atoms with Gasteiger partial charge < -0.3 is 4.57 Å². The monoisotopic (exact) mass is 693 g/mol. The summed E-state index contributed by atoms with van der Waals surface area (Å²) in [6.45, 7) is 4.87. The van der Waals surface area contributed by atoms with Crippen molar-refractivity contribution >= 4 is 45.6 Å². The van der Waals surface area contributed by atoms with E-state index in [1.54, 1.807) is 0 Å². The van der Waals surface area contributed by atoms with Crippen LogP contribution in [0.1, 0.15) is 25.0 Å². The summed E-state index contributed by atoms with van der Waals surface area (Å²) in [6, 6.07) is 68.0. The highest BCUT2D eigenvalue weighted by molar-refractivity contribution is 7.80. The summed E-state index contributed by atoms with van der Waals surface area (Å²) in [4.78, 5) is 0. The van der Waals surface area contributed by atoms with Gasteiger partial charge in [0.25, 0.3) is 0 Å². The van der Waals surface area contributed by atoms with Crippen molar-refractivity contribution in [2.24, 2.45) is 0 Å². The van der Waals surface area contributed by atoms with Gasteiger partial charge in [-0.3, -0.25) is 0 Å². The van der Waals surface area contributed by atoms with Crippen molar-refractivity contribution in [3.05, 3.63) is 193 Å². The maximum absolute atomic E-state index is 2.64. The van der Waals surface area contributed by atoms with E-state index in [0.717, 1.165) is 0 Å². The first-order valence-corrected chi connectivity index (χ1v) is 19.9. The first kappa shape index (κ1) is 30.6. The van der Waals surface area contributed by atoms with Crippen LogP contribution in [0.4, 0.5) is 0 Å². The standard InChI is InChI=1S/C51H36NP/c1-51(2)43-30-36(33-17-7-3-8-18-33)27-28-40(43)47-44(51)32-41(35-21-11-5-12-22-35)49-50(47)53(38-23-13-6-14-24-38)46-31-37(34-19-9-4-10-20-34)29-42-39-25-15-16-26-45(39)52(49)48(42)46/h3-32H,1-2H3. The minimum Gasteiger partial charge on any atom is -0.307 e. The van der Waals surface area contributed by atoms with Gasteiger partial charge in [0.05, 0.1) is 16.7 Å². The molecule has 1 aliphatic heterocycles. The van der Waals surface area contributed by atoms with Crippen molar-refractivity contribution in [3.63, 3.8) is 0 Å². The van der Waals surface area contributed by atoms with Gasteiger partial charge in [0.2, 0.25) is 0 Å². The fraction of sp³-hybridized carbons (Fsp3) is 0.0588. The molecule has 9 aromatic rings. The molecule has 1 nitrogen and oxygen atoms in total. The molecular formula is C51H36NP. The quantitative estimate of drug-likeness (QED) is 0.162. The molecular weight excluding hydrogens is 658 g/mol. The van der Waals surface area contributed by atoms with Crippen molar-refractivity contribution in [2.75, 3.05) is 0 Å². The average Bonchev–Trinajstić information content (AvgIpc) is 3.67. The van der Waals surface area contributed by atoms with Gasteiger partial charge in [0.1, 0.15) is 0 Å². The Bertz CT molecular complexity index is 2890. The Morgan fingerprint density at radius 3 is 1.75 bits per heavy atom. The number of para-hydroxylation sites is 1. The minimum atomic E-state index is -0.979. The van der Waals surface area contributed by atoms with Gasteiger partial charge in [-0.2, -0.15) is 0 Å². The van der Waals surface area contributed by atoms with Gasteiger partial charge in [-0.15, -0.1) is 0 Å². The molecule has 0 bridgehead atoms. The number of rotatable bonds is 4. The zero-order valence-corrected chi connectivity index (χ0v) is 30.6. The highest BCUT2D eigenvalue weighted by Crippen LogP contribution is 2.57. The Morgan fingerprint density at radius 1 is 0.453 bits per heavy atom. The summed E-state index contributed by atoms with van der Waals surface area (Å²) >= 11 is 0. The van der Waals surface area contributed by atoms with Crippen LogP contribution >= 0.6 is 7.92 Å². The molecule has 250 valence electrons. The van der Waals surface area contributed by atoms with E-state index < -0.39 is 7.92 Å². The third-order valence-electron chi connectivity index (χ3n) is 11.7. The number of fused-ring (bicyclic) bond motifs is 9. The zero-order valence-electron chi connectivity index (χ0n) is 29.7. The molecule has 0 saturated heterocycles. The van der Waals surface area contributed by atoms with Crippen molar-refractivity contribution in [1.29, 1.82) is 0 Å². The topological polar surface area (TPSA) is 4.93 Å². The molecule has 2 heterocycles. The lowest BCUT2D eigenvalue weighted by atomic mass is 9.80. The van der Waals surface area contributed by atoms with Crippen LogP contribution in [0.5, 0.6) is 0 Å². The van der Waals surface area contributed by atoms with Crippen LogP contribution in [0, 0.1) is 0 Å². The number of hydrogen-bond acceptors (Lipinski definition) is 0. The summed E-state index contributed by atoms with van der Waals surface area (Å²) < 4.78 is 2.64. The first-order chi connectivity index (χ1) is 26.1.